The Bertz CT molecular complexity index is 608. The predicted octanol–water partition coefficient (Wildman–Crippen LogP) is 5.16. The highest BCUT2D eigenvalue weighted by molar-refractivity contribution is 7.15. The lowest BCUT2D eigenvalue weighted by atomic mass is 10.1. The number of hydrogen-bond acceptors (Lipinski definition) is 2. The summed E-state index contributed by atoms with van der Waals surface area (Å²) < 4.78 is 75.0. The molecule has 1 aromatic heterocycles. The van der Waals surface area contributed by atoms with Crippen LogP contribution in [-0.2, 0) is 12.4 Å². The van der Waals surface area contributed by atoms with Crippen molar-refractivity contribution < 1.29 is 26.3 Å². The summed E-state index contributed by atoms with van der Waals surface area (Å²) in [6, 6.07) is 3.86. The fourth-order valence-corrected chi connectivity index (χ4v) is 2.52. The molecule has 0 radical (unpaired) electrons. The minimum absolute atomic E-state index is 0.0450. The molecule has 0 bridgehead atoms. The largest absolute Gasteiger partial charge is 0.427 e. The smallest absolute Gasteiger partial charge is 0.241 e. The van der Waals surface area contributed by atoms with Gasteiger partial charge in [-0.2, -0.15) is 26.3 Å². The molecule has 0 aliphatic carbocycles. The molecule has 1 nitrogen and oxygen atoms in total. The van der Waals surface area contributed by atoms with Crippen LogP contribution < -0.4 is 0 Å². The molecule has 0 N–H and O–H groups in total. The van der Waals surface area contributed by atoms with Crippen molar-refractivity contribution in [1.29, 1.82) is 0 Å². The predicted molar refractivity (Wildman–Crippen MR) is 62.3 cm³/mol. The van der Waals surface area contributed by atoms with E-state index in [1.165, 1.54) is 6.92 Å². The summed E-state index contributed by atoms with van der Waals surface area (Å²) in [6.07, 6.45) is -8.99. The molecule has 0 atom stereocenters. The number of thiazole rings is 1. The minimum Gasteiger partial charge on any atom is -0.241 e. The molecule has 8 heteroatoms. The lowest BCUT2D eigenvalue weighted by Crippen LogP contribution is -2.03. The zero-order valence-corrected chi connectivity index (χ0v) is 10.7. The molecule has 1 aromatic carbocycles. The third-order valence-corrected chi connectivity index (χ3v) is 3.76. The summed E-state index contributed by atoms with van der Waals surface area (Å²) in [5.74, 6) is 0. The first-order valence-corrected chi connectivity index (χ1v) is 6.13. The van der Waals surface area contributed by atoms with Crippen LogP contribution in [0.3, 0.4) is 0 Å². The Morgan fingerprint density at radius 3 is 1.85 bits per heavy atom. The molecular weight excluding hydrogens is 304 g/mol. The van der Waals surface area contributed by atoms with E-state index in [2.05, 4.69) is 4.98 Å². The zero-order valence-electron chi connectivity index (χ0n) is 9.93. The summed E-state index contributed by atoms with van der Waals surface area (Å²) in [4.78, 5) is 2.92. The van der Waals surface area contributed by atoms with Gasteiger partial charge < -0.3 is 0 Å². The Morgan fingerprint density at radius 2 is 1.45 bits per heavy atom. The van der Waals surface area contributed by atoms with Gasteiger partial charge in [-0.05, 0) is 19.1 Å². The SMILES string of the molecule is Cc1nc(-c2ccc(C(F)(F)F)cc2)sc1C(F)(F)F. The average molecular weight is 311 g/mol. The monoisotopic (exact) mass is 311 g/mol. The Labute approximate surface area is 113 Å². The number of nitrogens with zero attached hydrogens (tertiary/aromatic N) is 1. The second-order valence-electron chi connectivity index (χ2n) is 4.01. The van der Waals surface area contributed by atoms with Crippen molar-refractivity contribution in [1.82, 2.24) is 4.98 Å². The van der Waals surface area contributed by atoms with Crippen molar-refractivity contribution >= 4 is 11.3 Å². The van der Waals surface area contributed by atoms with Crippen molar-refractivity contribution in [3.63, 3.8) is 0 Å². The fraction of sp³-hybridized carbons (Fsp3) is 0.250. The van der Waals surface area contributed by atoms with E-state index in [0.717, 1.165) is 24.3 Å². The second kappa shape index (κ2) is 4.76. The van der Waals surface area contributed by atoms with Gasteiger partial charge in [0.15, 0.2) is 0 Å². The van der Waals surface area contributed by atoms with Gasteiger partial charge in [0, 0.05) is 5.56 Å². The molecule has 0 aliphatic rings. The van der Waals surface area contributed by atoms with Crippen LogP contribution in [0.25, 0.3) is 10.6 Å². The van der Waals surface area contributed by atoms with Crippen molar-refractivity contribution in [2.24, 2.45) is 0 Å². The molecular formula is C12H7F6NS. The number of aromatic nitrogens is 1. The van der Waals surface area contributed by atoms with Gasteiger partial charge in [0.05, 0.1) is 11.3 Å². The van der Waals surface area contributed by atoms with Crippen LogP contribution in [0.5, 0.6) is 0 Å². The summed E-state index contributed by atoms with van der Waals surface area (Å²) in [7, 11) is 0. The highest BCUT2D eigenvalue weighted by Gasteiger charge is 2.36. The second-order valence-corrected chi connectivity index (χ2v) is 5.01. The summed E-state index contributed by atoms with van der Waals surface area (Å²) in [5, 5.41) is 0.0450. The van der Waals surface area contributed by atoms with E-state index in [1.54, 1.807) is 0 Å². The van der Waals surface area contributed by atoms with Gasteiger partial charge in [0.1, 0.15) is 9.88 Å². The van der Waals surface area contributed by atoms with E-state index >= 15 is 0 Å². The van der Waals surface area contributed by atoms with Crippen LogP contribution >= 0.6 is 11.3 Å². The topological polar surface area (TPSA) is 12.9 Å². The van der Waals surface area contributed by atoms with Crippen molar-refractivity contribution in [3.05, 3.63) is 40.4 Å². The van der Waals surface area contributed by atoms with Crippen LogP contribution in [0.15, 0.2) is 24.3 Å². The molecule has 0 saturated heterocycles. The molecule has 20 heavy (non-hydrogen) atoms. The first-order valence-electron chi connectivity index (χ1n) is 5.31. The third kappa shape index (κ3) is 2.95. The molecule has 1 heterocycles. The van der Waals surface area contributed by atoms with Crippen LogP contribution in [-0.4, -0.2) is 4.98 Å². The summed E-state index contributed by atoms with van der Waals surface area (Å²) in [6.45, 7) is 1.22. The van der Waals surface area contributed by atoms with Crippen LogP contribution in [0.2, 0.25) is 0 Å². The summed E-state index contributed by atoms with van der Waals surface area (Å²) >= 11 is 0.416. The van der Waals surface area contributed by atoms with Crippen LogP contribution in [0.4, 0.5) is 26.3 Å². The molecule has 2 aromatic rings. The van der Waals surface area contributed by atoms with Gasteiger partial charge in [-0.15, -0.1) is 11.3 Å². The number of hydrogen-bond donors (Lipinski definition) is 0. The summed E-state index contributed by atoms with van der Waals surface area (Å²) in [5.41, 5.74) is -0.815. The normalized spacial score (nSPS) is 12.8. The third-order valence-electron chi connectivity index (χ3n) is 2.51. The number of alkyl halides is 6. The Hall–Kier alpha value is -1.57. The first kappa shape index (κ1) is 14.8. The average Bonchev–Trinajstić information content (AvgIpc) is 2.70. The maximum atomic E-state index is 12.6. The van der Waals surface area contributed by atoms with E-state index in [-0.39, 0.29) is 16.3 Å². The van der Waals surface area contributed by atoms with E-state index in [0.29, 0.717) is 11.3 Å². The molecule has 0 spiro atoms. The van der Waals surface area contributed by atoms with Gasteiger partial charge in [-0.3, -0.25) is 0 Å². The van der Waals surface area contributed by atoms with Gasteiger partial charge in [-0.25, -0.2) is 4.98 Å². The minimum atomic E-state index is -4.51. The van der Waals surface area contributed by atoms with Crippen molar-refractivity contribution in [2.45, 2.75) is 19.3 Å². The lowest BCUT2D eigenvalue weighted by Gasteiger charge is -2.06. The maximum absolute atomic E-state index is 12.6. The van der Waals surface area contributed by atoms with Gasteiger partial charge >= 0.3 is 12.4 Å². The van der Waals surface area contributed by atoms with E-state index < -0.39 is 22.8 Å². The molecule has 0 saturated carbocycles. The fourth-order valence-electron chi connectivity index (χ4n) is 1.58. The van der Waals surface area contributed by atoms with Gasteiger partial charge in [-0.1, -0.05) is 12.1 Å². The molecule has 0 unspecified atom stereocenters. The maximum Gasteiger partial charge on any atom is 0.427 e. The number of benzene rings is 1. The first-order chi connectivity index (χ1) is 9.09. The molecule has 0 fully saturated rings. The van der Waals surface area contributed by atoms with Crippen molar-refractivity contribution in [3.8, 4) is 10.6 Å². The number of halogens is 6. The highest BCUT2D eigenvalue weighted by atomic mass is 32.1. The van der Waals surface area contributed by atoms with Gasteiger partial charge in [0.2, 0.25) is 0 Å². The van der Waals surface area contributed by atoms with Crippen molar-refractivity contribution in [2.75, 3.05) is 0 Å². The number of rotatable bonds is 1. The Morgan fingerprint density at radius 1 is 0.900 bits per heavy atom. The molecule has 108 valence electrons. The standard InChI is InChI=1S/C12H7F6NS/c1-6-9(12(16,17)18)20-10(19-6)7-2-4-8(5-3-7)11(13,14)15/h2-5H,1H3. The van der Waals surface area contributed by atoms with E-state index in [1.807, 2.05) is 0 Å². The van der Waals surface area contributed by atoms with Gasteiger partial charge in [0.25, 0.3) is 0 Å². The molecule has 0 amide bonds. The lowest BCUT2D eigenvalue weighted by molar-refractivity contribution is -0.137. The van der Waals surface area contributed by atoms with E-state index in [4.69, 9.17) is 0 Å². The molecule has 0 aliphatic heterocycles. The van der Waals surface area contributed by atoms with E-state index in [9.17, 15) is 26.3 Å². The zero-order chi connectivity index (χ0) is 15.1. The highest BCUT2D eigenvalue weighted by Crippen LogP contribution is 2.39. The van der Waals surface area contributed by atoms with Crippen LogP contribution in [0, 0.1) is 6.92 Å². The Kier molecular flexibility index (Phi) is 3.53. The quantitative estimate of drug-likeness (QED) is 0.663. The number of aryl methyl sites for hydroxylation is 1. The Balaban J connectivity index is 2.38. The molecule has 2 rings (SSSR count). The van der Waals surface area contributed by atoms with Crippen LogP contribution in [0.1, 0.15) is 16.1 Å².